The van der Waals surface area contributed by atoms with Gasteiger partial charge in [-0.1, -0.05) is 26.7 Å². The smallest absolute Gasteiger partial charge is 0.0630 e. The van der Waals surface area contributed by atoms with Gasteiger partial charge in [-0.25, -0.2) is 0 Å². The summed E-state index contributed by atoms with van der Waals surface area (Å²) in [6.45, 7) is 5.24. The first-order chi connectivity index (χ1) is 10.1. The molecule has 4 aliphatic carbocycles. The normalized spacial score (nSPS) is 56.4. The Labute approximate surface area is 131 Å². The van der Waals surface area contributed by atoms with Gasteiger partial charge in [0.15, 0.2) is 0 Å². The largest absolute Gasteiger partial charge is 0.381 e. The fourth-order valence-electron chi connectivity index (χ4n) is 7.65. The molecule has 21 heavy (non-hydrogen) atoms. The third-order valence-electron chi connectivity index (χ3n) is 8.74. The van der Waals surface area contributed by atoms with Crippen molar-refractivity contribution in [3.05, 3.63) is 0 Å². The maximum atomic E-state index is 6.05. The predicted molar refractivity (Wildman–Crippen MR) is 87.1 cm³/mol. The standard InChI is InChI=1S/C20H34O/c1-19-12-5-7-16(19)15-10-9-14-6-4-8-18(21-3)20(14,2)17(15)11-13-19/h14-18H,4-13H2,1-3H3/t14-,15+,16+,17+,18?,19+,20+/m1/s1. The SMILES string of the molecule is COC1CCC[C@@H]2CC[C@H]3[C@@H]4CCC[C@@]4(C)CC[C@@H]3[C@@]12C. The molecule has 4 saturated carbocycles. The number of hydrogen-bond acceptors (Lipinski definition) is 1. The van der Waals surface area contributed by atoms with Gasteiger partial charge in [-0.3, -0.25) is 0 Å². The van der Waals surface area contributed by atoms with Gasteiger partial charge in [0, 0.05) is 7.11 Å². The molecule has 4 aliphatic rings. The molecule has 4 fully saturated rings. The summed E-state index contributed by atoms with van der Waals surface area (Å²) in [7, 11) is 1.98. The molecular formula is C20H34O. The fourth-order valence-corrected chi connectivity index (χ4v) is 7.65. The van der Waals surface area contributed by atoms with Crippen LogP contribution in [0.4, 0.5) is 0 Å². The van der Waals surface area contributed by atoms with Crippen LogP contribution < -0.4 is 0 Å². The van der Waals surface area contributed by atoms with Gasteiger partial charge in [0.05, 0.1) is 6.10 Å². The number of ether oxygens (including phenoxy) is 1. The van der Waals surface area contributed by atoms with E-state index in [1.807, 2.05) is 7.11 Å². The van der Waals surface area contributed by atoms with E-state index >= 15 is 0 Å². The second kappa shape index (κ2) is 4.98. The minimum Gasteiger partial charge on any atom is -0.381 e. The Morgan fingerprint density at radius 3 is 2.48 bits per heavy atom. The van der Waals surface area contributed by atoms with Crippen molar-refractivity contribution in [3.63, 3.8) is 0 Å². The summed E-state index contributed by atoms with van der Waals surface area (Å²) in [5.41, 5.74) is 1.18. The van der Waals surface area contributed by atoms with Gasteiger partial charge in [0.1, 0.15) is 0 Å². The molecule has 1 nitrogen and oxygen atoms in total. The van der Waals surface area contributed by atoms with E-state index in [9.17, 15) is 0 Å². The van der Waals surface area contributed by atoms with Gasteiger partial charge in [-0.05, 0) is 85.9 Å². The van der Waals surface area contributed by atoms with Crippen molar-refractivity contribution in [3.8, 4) is 0 Å². The quantitative estimate of drug-likeness (QED) is 0.625. The summed E-state index contributed by atoms with van der Waals surface area (Å²) < 4.78 is 6.05. The first-order valence-corrected chi connectivity index (χ1v) is 9.62. The summed E-state index contributed by atoms with van der Waals surface area (Å²) in [5.74, 6) is 3.96. The summed E-state index contributed by atoms with van der Waals surface area (Å²) in [6.07, 6.45) is 15.3. The van der Waals surface area contributed by atoms with Crippen LogP contribution >= 0.6 is 0 Å². The van der Waals surface area contributed by atoms with E-state index in [1.54, 1.807) is 0 Å². The van der Waals surface area contributed by atoms with Crippen LogP contribution in [0.1, 0.15) is 78.1 Å². The highest BCUT2D eigenvalue weighted by atomic mass is 16.5. The third kappa shape index (κ3) is 1.92. The van der Waals surface area contributed by atoms with Gasteiger partial charge < -0.3 is 4.74 Å². The van der Waals surface area contributed by atoms with Crippen molar-refractivity contribution in [1.82, 2.24) is 0 Å². The lowest BCUT2D eigenvalue weighted by Gasteiger charge is -2.61. The first kappa shape index (κ1) is 14.5. The zero-order valence-electron chi connectivity index (χ0n) is 14.4. The van der Waals surface area contributed by atoms with E-state index in [-0.39, 0.29) is 0 Å². The zero-order chi connectivity index (χ0) is 14.7. The highest BCUT2D eigenvalue weighted by Gasteiger charge is 2.59. The van der Waals surface area contributed by atoms with Crippen molar-refractivity contribution in [2.45, 2.75) is 84.2 Å². The van der Waals surface area contributed by atoms with Crippen molar-refractivity contribution < 1.29 is 4.74 Å². The average molecular weight is 290 g/mol. The second-order valence-corrected chi connectivity index (χ2v) is 9.26. The molecule has 0 aliphatic heterocycles. The minimum atomic E-state index is 0.486. The van der Waals surface area contributed by atoms with E-state index in [2.05, 4.69) is 13.8 Å². The first-order valence-electron chi connectivity index (χ1n) is 9.62. The van der Waals surface area contributed by atoms with Crippen LogP contribution in [0.25, 0.3) is 0 Å². The zero-order valence-corrected chi connectivity index (χ0v) is 14.4. The second-order valence-electron chi connectivity index (χ2n) is 9.26. The molecule has 1 unspecified atom stereocenters. The Kier molecular flexibility index (Phi) is 3.45. The van der Waals surface area contributed by atoms with Crippen LogP contribution in [0.5, 0.6) is 0 Å². The Morgan fingerprint density at radius 2 is 1.67 bits per heavy atom. The van der Waals surface area contributed by atoms with Gasteiger partial charge in [-0.15, -0.1) is 0 Å². The van der Waals surface area contributed by atoms with E-state index in [1.165, 1.54) is 64.2 Å². The number of methoxy groups -OCH3 is 1. The topological polar surface area (TPSA) is 9.23 Å². The molecule has 0 amide bonds. The van der Waals surface area contributed by atoms with Gasteiger partial charge in [-0.2, -0.15) is 0 Å². The van der Waals surface area contributed by atoms with Crippen LogP contribution in [0.2, 0.25) is 0 Å². The van der Waals surface area contributed by atoms with Crippen LogP contribution in [-0.4, -0.2) is 13.2 Å². The van der Waals surface area contributed by atoms with Crippen LogP contribution in [-0.2, 0) is 4.74 Å². The van der Waals surface area contributed by atoms with Gasteiger partial charge >= 0.3 is 0 Å². The molecule has 0 aromatic carbocycles. The number of rotatable bonds is 1. The van der Waals surface area contributed by atoms with Crippen LogP contribution in [0.15, 0.2) is 0 Å². The molecule has 7 atom stereocenters. The molecule has 0 saturated heterocycles. The fraction of sp³-hybridized carbons (Fsp3) is 1.00. The Morgan fingerprint density at radius 1 is 0.810 bits per heavy atom. The summed E-state index contributed by atoms with van der Waals surface area (Å²) in [4.78, 5) is 0. The van der Waals surface area contributed by atoms with Gasteiger partial charge in [0.25, 0.3) is 0 Å². The lowest BCUT2D eigenvalue weighted by atomic mass is 9.44. The van der Waals surface area contributed by atoms with Crippen molar-refractivity contribution in [2.24, 2.45) is 34.5 Å². The summed E-state index contributed by atoms with van der Waals surface area (Å²) >= 11 is 0. The van der Waals surface area contributed by atoms with Crippen molar-refractivity contribution in [2.75, 3.05) is 7.11 Å². The average Bonchev–Trinajstić information content (AvgIpc) is 2.88. The van der Waals surface area contributed by atoms with E-state index in [4.69, 9.17) is 4.74 Å². The molecule has 0 radical (unpaired) electrons. The van der Waals surface area contributed by atoms with Crippen LogP contribution in [0.3, 0.4) is 0 Å². The molecular weight excluding hydrogens is 256 g/mol. The third-order valence-corrected chi connectivity index (χ3v) is 8.74. The Hall–Kier alpha value is -0.0400. The Bertz CT molecular complexity index is 397. The molecule has 1 heteroatoms. The highest BCUT2D eigenvalue weighted by Crippen LogP contribution is 2.66. The summed E-state index contributed by atoms with van der Waals surface area (Å²) in [6, 6.07) is 0. The maximum absolute atomic E-state index is 6.05. The van der Waals surface area contributed by atoms with E-state index in [0.29, 0.717) is 16.9 Å². The molecule has 0 N–H and O–H groups in total. The monoisotopic (exact) mass is 290 g/mol. The summed E-state index contributed by atoms with van der Waals surface area (Å²) in [5, 5.41) is 0. The lowest BCUT2D eigenvalue weighted by Crippen LogP contribution is -2.57. The van der Waals surface area contributed by atoms with E-state index in [0.717, 1.165) is 23.7 Å². The minimum absolute atomic E-state index is 0.486. The molecule has 0 spiro atoms. The lowest BCUT2D eigenvalue weighted by molar-refractivity contribution is -0.168. The molecule has 0 bridgehead atoms. The molecule has 0 heterocycles. The molecule has 120 valence electrons. The predicted octanol–water partition coefficient (Wildman–Crippen LogP) is 5.43. The number of fused-ring (bicyclic) bond motifs is 5. The van der Waals surface area contributed by atoms with Crippen LogP contribution in [0, 0.1) is 34.5 Å². The van der Waals surface area contributed by atoms with Crippen molar-refractivity contribution in [1.29, 1.82) is 0 Å². The maximum Gasteiger partial charge on any atom is 0.0630 e. The molecule has 0 aromatic heterocycles. The van der Waals surface area contributed by atoms with Crippen molar-refractivity contribution >= 4 is 0 Å². The van der Waals surface area contributed by atoms with Gasteiger partial charge in [0.2, 0.25) is 0 Å². The Balaban J connectivity index is 1.67. The number of hydrogen-bond donors (Lipinski definition) is 0. The van der Waals surface area contributed by atoms with E-state index < -0.39 is 0 Å². The highest BCUT2D eigenvalue weighted by molar-refractivity contribution is 5.09. The molecule has 4 rings (SSSR count). The molecule has 0 aromatic rings.